The van der Waals surface area contributed by atoms with E-state index in [0.29, 0.717) is 13.0 Å². The molecule has 0 unspecified atom stereocenters. The number of rotatable bonds is 4. The predicted molar refractivity (Wildman–Crippen MR) is 96.6 cm³/mol. The highest BCUT2D eigenvalue weighted by Gasteiger charge is 2.22. The molecule has 3 heterocycles. The number of ether oxygens (including phenoxy) is 1. The molecule has 1 aliphatic rings. The van der Waals surface area contributed by atoms with Crippen LogP contribution in [0, 0.1) is 0 Å². The summed E-state index contributed by atoms with van der Waals surface area (Å²) in [6.07, 6.45) is 1.10. The van der Waals surface area contributed by atoms with Crippen LogP contribution in [0.4, 0.5) is 0 Å². The molecule has 0 fully saturated rings. The van der Waals surface area contributed by atoms with E-state index in [0.717, 1.165) is 33.3 Å². The van der Waals surface area contributed by atoms with Crippen molar-refractivity contribution in [2.45, 2.75) is 18.9 Å². The number of carbonyl (C=O) groups excluding carboxylic acids is 1. The molecule has 2 aromatic heterocycles. The molecule has 0 radical (unpaired) electrons. The van der Waals surface area contributed by atoms with E-state index in [-0.39, 0.29) is 11.9 Å². The molecule has 122 valence electrons. The standard InChI is InChI=1S/C18H16N2O2S2/c21-17(10-12-11-24-18(19-12)16-6-3-9-23-16)20-14-7-8-22-15-5-2-1-4-13(14)15/h1-6,9,11,14H,7-8,10H2,(H,20,21)/t14-/m0/s1. The summed E-state index contributed by atoms with van der Waals surface area (Å²) in [7, 11) is 0. The summed E-state index contributed by atoms with van der Waals surface area (Å²) in [5.41, 5.74) is 1.87. The zero-order valence-electron chi connectivity index (χ0n) is 12.9. The Kier molecular flexibility index (Phi) is 4.32. The van der Waals surface area contributed by atoms with Gasteiger partial charge in [0.1, 0.15) is 10.8 Å². The first-order valence-corrected chi connectivity index (χ1v) is 9.55. The van der Waals surface area contributed by atoms with Crippen LogP contribution < -0.4 is 10.1 Å². The SMILES string of the molecule is O=C(Cc1csc(-c2cccs2)n1)N[C@H]1CCOc2ccccc21. The van der Waals surface area contributed by atoms with Crippen LogP contribution in [0.2, 0.25) is 0 Å². The zero-order chi connectivity index (χ0) is 16.4. The van der Waals surface area contributed by atoms with Crippen molar-refractivity contribution in [1.29, 1.82) is 0 Å². The summed E-state index contributed by atoms with van der Waals surface area (Å²) in [5.74, 6) is 0.863. The molecular weight excluding hydrogens is 340 g/mol. The number of nitrogens with one attached hydrogen (secondary N) is 1. The van der Waals surface area contributed by atoms with Gasteiger partial charge in [-0.15, -0.1) is 22.7 Å². The molecule has 0 saturated carbocycles. The van der Waals surface area contributed by atoms with E-state index in [4.69, 9.17) is 4.74 Å². The first-order chi connectivity index (χ1) is 11.8. The smallest absolute Gasteiger partial charge is 0.226 e. The van der Waals surface area contributed by atoms with E-state index < -0.39 is 0 Å². The normalized spacial score (nSPS) is 16.2. The Labute approximate surface area is 148 Å². The van der Waals surface area contributed by atoms with Crippen molar-refractivity contribution in [2.75, 3.05) is 6.61 Å². The van der Waals surface area contributed by atoms with Gasteiger partial charge in [0.2, 0.25) is 5.91 Å². The second kappa shape index (κ2) is 6.75. The van der Waals surface area contributed by atoms with Gasteiger partial charge in [-0.25, -0.2) is 4.98 Å². The van der Waals surface area contributed by atoms with Crippen molar-refractivity contribution in [3.8, 4) is 15.6 Å². The number of carbonyl (C=O) groups is 1. The topological polar surface area (TPSA) is 51.2 Å². The van der Waals surface area contributed by atoms with Gasteiger partial charge in [-0.1, -0.05) is 24.3 Å². The van der Waals surface area contributed by atoms with E-state index in [2.05, 4.69) is 10.3 Å². The number of thiophene rings is 1. The fraction of sp³-hybridized carbons (Fsp3) is 0.222. The van der Waals surface area contributed by atoms with Gasteiger partial charge in [-0.3, -0.25) is 4.79 Å². The van der Waals surface area contributed by atoms with Crippen LogP contribution >= 0.6 is 22.7 Å². The average Bonchev–Trinajstić information content (AvgIpc) is 3.26. The summed E-state index contributed by atoms with van der Waals surface area (Å²) >= 11 is 3.25. The number of para-hydroxylation sites is 1. The maximum atomic E-state index is 12.4. The van der Waals surface area contributed by atoms with E-state index in [9.17, 15) is 4.79 Å². The van der Waals surface area contributed by atoms with E-state index in [1.165, 1.54) is 0 Å². The monoisotopic (exact) mass is 356 g/mol. The number of aromatic nitrogens is 1. The summed E-state index contributed by atoms with van der Waals surface area (Å²) < 4.78 is 5.64. The number of nitrogens with zero attached hydrogens (tertiary/aromatic N) is 1. The van der Waals surface area contributed by atoms with Crippen LogP contribution in [0.5, 0.6) is 5.75 Å². The number of fused-ring (bicyclic) bond motifs is 1. The number of amides is 1. The molecule has 6 heteroatoms. The summed E-state index contributed by atoms with van der Waals surface area (Å²) in [6.45, 7) is 0.626. The highest BCUT2D eigenvalue weighted by atomic mass is 32.1. The summed E-state index contributed by atoms with van der Waals surface area (Å²) in [5, 5.41) is 8.09. The third kappa shape index (κ3) is 3.20. The van der Waals surface area contributed by atoms with Gasteiger partial charge in [0, 0.05) is 17.4 Å². The minimum absolute atomic E-state index is 0.000248. The van der Waals surface area contributed by atoms with Gasteiger partial charge < -0.3 is 10.1 Å². The lowest BCUT2D eigenvalue weighted by Crippen LogP contribution is -2.33. The van der Waals surface area contributed by atoms with Crippen LogP contribution in [-0.4, -0.2) is 17.5 Å². The quantitative estimate of drug-likeness (QED) is 0.767. The van der Waals surface area contributed by atoms with Crippen molar-refractivity contribution in [2.24, 2.45) is 0 Å². The molecule has 24 heavy (non-hydrogen) atoms. The summed E-state index contributed by atoms with van der Waals surface area (Å²) in [4.78, 5) is 18.1. The zero-order valence-corrected chi connectivity index (χ0v) is 14.5. The van der Waals surface area contributed by atoms with Gasteiger partial charge >= 0.3 is 0 Å². The van der Waals surface area contributed by atoms with Crippen LogP contribution in [0.1, 0.15) is 23.7 Å². The maximum Gasteiger partial charge on any atom is 0.226 e. The van der Waals surface area contributed by atoms with Crippen molar-refractivity contribution in [3.63, 3.8) is 0 Å². The maximum absolute atomic E-state index is 12.4. The second-order valence-corrected chi connectivity index (χ2v) is 7.40. The van der Waals surface area contributed by atoms with Crippen molar-refractivity contribution in [1.82, 2.24) is 10.3 Å². The van der Waals surface area contributed by atoms with Gasteiger partial charge in [0.25, 0.3) is 0 Å². The van der Waals surface area contributed by atoms with Crippen molar-refractivity contribution < 1.29 is 9.53 Å². The average molecular weight is 356 g/mol. The molecular formula is C18H16N2O2S2. The van der Waals surface area contributed by atoms with Gasteiger partial charge in [-0.2, -0.15) is 0 Å². The Bertz CT molecular complexity index is 842. The Morgan fingerprint density at radius 3 is 3.04 bits per heavy atom. The molecule has 1 aliphatic heterocycles. The van der Waals surface area contributed by atoms with Gasteiger partial charge in [-0.05, 0) is 17.5 Å². The Morgan fingerprint density at radius 1 is 1.25 bits per heavy atom. The minimum atomic E-state index is -0.000248. The lowest BCUT2D eigenvalue weighted by Gasteiger charge is -2.26. The molecule has 4 nitrogen and oxygen atoms in total. The molecule has 0 spiro atoms. The molecule has 0 bridgehead atoms. The van der Waals surface area contributed by atoms with E-state index in [1.54, 1.807) is 22.7 Å². The highest BCUT2D eigenvalue weighted by Crippen LogP contribution is 2.32. The van der Waals surface area contributed by atoms with Crippen LogP contribution in [0.3, 0.4) is 0 Å². The second-order valence-electron chi connectivity index (χ2n) is 5.59. The van der Waals surface area contributed by atoms with Crippen molar-refractivity contribution >= 4 is 28.6 Å². The minimum Gasteiger partial charge on any atom is -0.493 e. The van der Waals surface area contributed by atoms with E-state index in [1.807, 2.05) is 47.2 Å². The fourth-order valence-electron chi connectivity index (χ4n) is 2.80. The molecule has 1 aromatic carbocycles. The van der Waals surface area contributed by atoms with Gasteiger partial charge in [0.05, 0.1) is 29.6 Å². The fourth-order valence-corrected chi connectivity index (χ4v) is 4.44. The predicted octanol–water partition coefficient (Wildman–Crippen LogP) is 4.05. The van der Waals surface area contributed by atoms with Crippen LogP contribution in [0.25, 0.3) is 9.88 Å². The Hall–Kier alpha value is -2.18. The third-order valence-corrected chi connectivity index (χ3v) is 5.85. The molecule has 4 rings (SSSR count). The van der Waals surface area contributed by atoms with Gasteiger partial charge in [0.15, 0.2) is 0 Å². The summed E-state index contributed by atoms with van der Waals surface area (Å²) in [6, 6.07) is 11.9. The third-order valence-electron chi connectivity index (χ3n) is 3.92. The number of thiazole rings is 1. The lowest BCUT2D eigenvalue weighted by molar-refractivity contribution is -0.121. The first kappa shape index (κ1) is 15.4. The van der Waals surface area contributed by atoms with Crippen molar-refractivity contribution in [3.05, 3.63) is 58.4 Å². The highest BCUT2D eigenvalue weighted by molar-refractivity contribution is 7.20. The van der Waals surface area contributed by atoms with E-state index >= 15 is 0 Å². The molecule has 1 amide bonds. The Morgan fingerprint density at radius 2 is 2.17 bits per heavy atom. The molecule has 0 aliphatic carbocycles. The largest absolute Gasteiger partial charge is 0.493 e. The molecule has 0 saturated heterocycles. The van der Waals surface area contributed by atoms with Crippen LogP contribution in [-0.2, 0) is 11.2 Å². The lowest BCUT2D eigenvalue weighted by atomic mass is 10.0. The molecule has 1 atom stereocenters. The number of hydrogen-bond acceptors (Lipinski definition) is 5. The number of hydrogen-bond donors (Lipinski definition) is 1. The first-order valence-electron chi connectivity index (χ1n) is 7.79. The number of benzene rings is 1. The Balaban J connectivity index is 1.43. The van der Waals surface area contributed by atoms with Crippen LogP contribution in [0.15, 0.2) is 47.2 Å². The molecule has 1 N–H and O–H groups in total. The molecule has 3 aromatic rings.